The van der Waals surface area contributed by atoms with Crippen LogP contribution in [0.25, 0.3) is 0 Å². The van der Waals surface area contributed by atoms with Gasteiger partial charge < -0.3 is 14.6 Å². The second-order valence-electron chi connectivity index (χ2n) is 7.53. The van der Waals surface area contributed by atoms with Gasteiger partial charge >= 0.3 is 11.9 Å². The fourth-order valence-corrected chi connectivity index (χ4v) is 3.91. The zero-order valence-corrected chi connectivity index (χ0v) is 16.5. The first-order valence-electron chi connectivity index (χ1n) is 17.2. The highest BCUT2D eigenvalue weighted by molar-refractivity contribution is 5.72. The summed E-state index contributed by atoms with van der Waals surface area (Å²) in [6, 6.07) is -2.69. The van der Waals surface area contributed by atoms with E-state index in [0.29, 0.717) is 0 Å². The van der Waals surface area contributed by atoms with Crippen LogP contribution in [0.15, 0.2) is 23.7 Å². The van der Waals surface area contributed by atoms with Crippen LogP contribution in [0.1, 0.15) is 85.2 Å². The quantitative estimate of drug-likeness (QED) is 0.626. The molecular weight excluding hydrogens is 368 g/mol. The zero-order valence-electron chi connectivity index (χ0n) is 31.5. The smallest absolute Gasteiger partial charge is 0.308 e. The maximum absolute atomic E-state index is 13.4. The number of hydrogen-bond acceptors (Lipinski definition) is 5. The van der Waals surface area contributed by atoms with Gasteiger partial charge in [0.1, 0.15) is 12.2 Å². The van der Waals surface area contributed by atoms with E-state index in [4.69, 9.17) is 30.1 Å². The van der Waals surface area contributed by atoms with E-state index in [1.165, 1.54) is 13.8 Å². The Kier molecular flexibility index (Phi) is 3.16. The van der Waals surface area contributed by atoms with Crippen molar-refractivity contribution in [3.8, 4) is 0 Å². The minimum Gasteiger partial charge on any atom is -0.462 e. The third kappa shape index (κ3) is 5.30. The van der Waals surface area contributed by atoms with Crippen molar-refractivity contribution in [2.45, 2.75) is 84.3 Å². The number of hydrogen-bond donors (Lipinski definition) is 1. The van der Waals surface area contributed by atoms with E-state index >= 15 is 0 Å². The fraction of sp³-hybridized carbons (Fsp3) is 0.750. The molecule has 1 saturated heterocycles. The van der Waals surface area contributed by atoms with Gasteiger partial charge in [-0.05, 0) is 48.9 Å². The molecule has 5 heteroatoms. The molecule has 0 radical (unpaired) electrons. The molecule has 5 nitrogen and oxygen atoms in total. The molecular formula is C24H36O5. The monoisotopic (exact) mass is 419 g/mol. The van der Waals surface area contributed by atoms with Crippen LogP contribution in [-0.4, -0.2) is 36.8 Å². The molecule has 3 rings (SSSR count). The van der Waals surface area contributed by atoms with E-state index in [2.05, 4.69) is 5.11 Å². The van der Waals surface area contributed by atoms with E-state index in [1.807, 2.05) is 0 Å². The molecule has 8 atom stereocenters. The summed E-state index contributed by atoms with van der Waals surface area (Å²) in [5, 5.41) is 4.54. The maximum atomic E-state index is 13.4. The van der Waals surface area contributed by atoms with E-state index in [9.17, 15) is 9.59 Å². The molecule has 162 valence electrons. The van der Waals surface area contributed by atoms with Crippen molar-refractivity contribution >= 4 is 11.9 Å². The molecule has 29 heavy (non-hydrogen) atoms. The first-order valence-corrected chi connectivity index (χ1v) is 9.76. The van der Waals surface area contributed by atoms with Gasteiger partial charge in [-0.3, -0.25) is 9.59 Å². The third-order valence-corrected chi connectivity index (χ3v) is 5.44. The predicted molar refractivity (Wildman–Crippen MR) is 111 cm³/mol. The minimum absolute atomic E-state index is 0.0516. The Balaban J connectivity index is 2.27. The van der Waals surface area contributed by atoms with Gasteiger partial charge in [-0.2, -0.15) is 0 Å². The molecule has 0 amide bonds. The first-order chi connectivity index (χ1) is 19.8. The van der Waals surface area contributed by atoms with E-state index in [0.717, 1.165) is 0 Å². The summed E-state index contributed by atoms with van der Waals surface area (Å²) >= 11 is 0. The van der Waals surface area contributed by atoms with Gasteiger partial charge in [0.2, 0.25) is 1.43 Å². The number of cyclic esters (lactones) is 1. The molecule has 1 N–H and O–H groups in total. The lowest BCUT2D eigenvalue weighted by Gasteiger charge is -2.43. The van der Waals surface area contributed by atoms with Crippen LogP contribution in [-0.2, 0) is 19.1 Å². The summed E-state index contributed by atoms with van der Waals surface area (Å²) in [6.45, 7) is -4.43. The summed E-state index contributed by atoms with van der Waals surface area (Å²) in [5.74, 6) is -13.9. The molecule has 2 unspecified atom stereocenters. The maximum Gasteiger partial charge on any atom is 0.308 e. The molecule has 0 aromatic carbocycles. The molecule has 1 heterocycles. The van der Waals surface area contributed by atoms with Gasteiger partial charge in [0.05, 0.1) is 22.5 Å². The Morgan fingerprint density at radius 1 is 1.62 bits per heavy atom. The normalized spacial score (nSPS) is 55.2. The molecule has 3 aliphatic rings. The largest absolute Gasteiger partial charge is 0.462 e. The summed E-state index contributed by atoms with van der Waals surface area (Å²) in [5.41, 5.74) is -0.613. The van der Waals surface area contributed by atoms with Gasteiger partial charge in [-0.15, -0.1) is 0 Å². The van der Waals surface area contributed by atoms with Crippen molar-refractivity contribution < 1.29 is 43.4 Å². The summed E-state index contributed by atoms with van der Waals surface area (Å²) < 4.78 is 135. The van der Waals surface area contributed by atoms with Crippen molar-refractivity contribution in [3.05, 3.63) is 23.7 Å². The second-order valence-corrected chi connectivity index (χ2v) is 7.53. The number of fused-ring (bicyclic) bond motifs is 1. The van der Waals surface area contributed by atoms with Crippen molar-refractivity contribution in [2.75, 3.05) is 0 Å². The Hall–Kier alpha value is -1.62. The van der Waals surface area contributed by atoms with Crippen molar-refractivity contribution in [1.29, 1.82) is 1.43 Å². The third-order valence-electron chi connectivity index (χ3n) is 5.44. The highest BCUT2D eigenvalue weighted by atomic mass is 16.5. The molecule has 0 bridgehead atoms. The van der Waals surface area contributed by atoms with Crippen molar-refractivity contribution in [2.24, 2.45) is 29.5 Å². The first kappa shape index (κ1) is 9.67. The van der Waals surface area contributed by atoms with E-state index in [-0.39, 0.29) is 25.7 Å². The second kappa shape index (κ2) is 9.46. The molecule has 1 aliphatic heterocycles. The lowest BCUT2D eigenvalue weighted by atomic mass is 9.65. The van der Waals surface area contributed by atoms with Gasteiger partial charge in [0.15, 0.2) is 0 Å². The Morgan fingerprint density at radius 3 is 3.21 bits per heavy atom. The van der Waals surface area contributed by atoms with E-state index < -0.39 is 110 Å². The number of rotatable bonds is 7. The Labute approximate surface area is 195 Å². The Morgan fingerprint density at radius 2 is 2.48 bits per heavy atom. The molecule has 0 saturated carbocycles. The van der Waals surface area contributed by atoms with Crippen LogP contribution in [0.2, 0.25) is 0 Å². The van der Waals surface area contributed by atoms with E-state index in [1.54, 1.807) is 0 Å². The lowest BCUT2D eigenvalue weighted by molar-refractivity contribution is -0.162. The number of carbonyl (C=O) groups excluding carboxylic acids is 2. The molecule has 0 spiro atoms. The highest BCUT2D eigenvalue weighted by Crippen LogP contribution is 2.45. The number of allylic oxidation sites excluding steroid dienone is 3. The molecule has 1 fully saturated rings. The zero-order chi connectivity index (χ0) is 34.0. The molecule has 2 aliphatic carbocycles. The fourth-order valence-electron chi connectivity index (χ4n) is 3.91. The molecule has 0 aromatic rings. The number of aliphatic hydroxyl groups excluding tert-OH is 1. The van der Waals surface area contributed by atoms with Gasteiger partial charge in [-0.25, -0.2) is 0 Å². The van der Waals surface area contributed by atoms with Gasteiger partial charge in [-0.1, -0.05) is 45.7 Å². The minimum atomic E-state index is -3.59. The average Bonchev–Trinajstić information content (AvgIpc) is 2.90. The van der Waals surface area contributed by atoms with Crippen LogP contribution < -0.4 is 0 Å². The van der Waals surface area contributed by atoms with Crippen LogP contribution in [0, 0.1) is 29.5 Å². The van der Waals surface area contributed by atoms with Crippen molar-refractivity contribution in [3.63, 3.8) is 0 Å². The van der Waals surface area contributed by atoms with Crippen LogP contribution >= 0.6 is 0 Å². The SMILES string of the molecule is [2H]O[C@H]1CC(=O)OC(CC[C@@H]2[C@@H]3C(=C([2H])[C@]([2H])(C([2H])([2H])[2H])C([2H])([2H])C3OC(=O)[C@]([2H])(CC)C([2H])([2H])[2H])C([2H])=C([2H])[C@]2([2H])C)C1. The predicted octanol–water partition coefficient (Wildman–Crippen LogP) is 4.20. The van der Waals surface area contributed by atoms with Gasteiger partial charge in [0.25, 0.3) is 0 Å². The summed E-state index contributed by atoms with van der Waals surface area (Å²) in [7, 11) is 0. The molecule has 0 aromatic heterocycles. The van der Waals surface area contributed by atoms with Gasteiger partial charge in [0, 0.05) is 27.4 Å². The van der Waals surface area contributed by atoms with Crippen LogP contribution in [0.3, 0.4) is 0 Å². The lowest BCUT2D eigenvalue weighted by Crippen LogP contribution is -2.42. The van der Waals surface area contributed by atoms with Crippen LogP contribution in [0.5, 0.6) is 0 Å². The summed E-state index contributed by atoms with van der Waals surface area (Å²) in [4.78, 5) is 25.5. The number of esters is 2. The number of carbonyl (C=O) groups is 2. The number of ether oxygens (including phenoxy) is 2. The average molecular weight is 420 g/mol. The number of aliphatic hydroxyl groups is 1. The standard InChI is InChI=1S/C24H36O5/c1-5-15(3)24(27)29-21-11-14(2)10-17-7-6-16(4)20(23(17)21)9-8-19-12-18(25)13-22(26)28-19/h6-7,10,14-16,18-21,23,25H,5,8-9,11-13H2,1-4H3/t14-,15-,16-,18+,19?,20-,21?,23-/m0/s1/i2D3,3D3,6D,7D,10D,11D2,14D,15D,16D,25D. The Bertz CT molecular complexity index is 1230. The van der Waals surface area contributed by atoms with Crippen LogP contribution in [0.4, 0.5) is 0 Å². The topological polar surface area (TPSA) is 72.8 Å². The van der Waals surface area contributed by atoms with Crippen molar-refractivity contribution in [1.82, 2.24) is 0 Å². The highest BCUT2D eigenvalue weighted by Gasteiger charge is 2.42. The summed E-state index contributed by atoms with van der Waals surface area (Å²) in [6.07, 6.45) is -8.43.